The highest BCUT2D eigenvalue weighted by molar-refractivity contribution is 6.04. The molecule has 8 nitrogen and oxygen atoms in total. The molecule has 1 aromatic carbocycles. The zero-order valence-corrected chi connectivity index (χ0v) is 13.2. The number of methoxy groups -OCH3 is 4. The second-order valence-corrected chi connectivity index (χ2v) is 4.33. The van der Waals surface area contributed by atoms with Gasteiger partial charge in [0.15, 0.2) is 17.3 Å². The second-order valence-electron chi connectivity index (χ2n) is 4.33. The van der Waals surface area contributed by atoms with Gasteiger partial charge in [0.1, 0.15) is 0 Å². The summed E-state index contributed by atoms with van der Waals surface area (Å²) in [5, 5.41) is 10.3. The van der Waals surface area contributed by atoms with Gasteiger partial charge in [-0.3, -0.25) is 4.79 Å². The molecule has 0 aliphatic rings. The van der Waals surface area contributed by atoms with Crippen LogP contribution in [-0.4, -0.2) is 44.5 Å². The Balaban J connectivity index is 2.27. The van der Waals surface area contributed by atoms with E-state index in [9.17, 15) is 4.79 Å². The maximum absolute atomic E-state index is 12.3. The minimum Gasteiger partial charge on any atom is -0.493 e. The highest BCUT2D eigenvalue weighted by Gasteiger charge is 2.17. The molecule has 1 amide bonds. The lowest BCUT2D eigenvalue weighted by atomic mass is 10.1. The topological polar surface area (TPSA) is 91.8 Å². The molecule has 0 radical (unpaired) electrons. The van der Waals surface area contributed by atoms with Crippen LogP contribution in [0, 0.1) is 0 Å². The van der Waals surface area contributed by atoms with Crippen LogP contribution in [0.1, 0.15) is 10.4 Å². The van der Waals surface area contributed by atoms with Gasteiger partial charge in [0, 0.05) is 11.6 Å². The van der Waals surface area contributed by atoms with E-state index < -0.39 is 0 Å². The molecule has 23 heavy (non-hydrogen) atoms. The normalized spacial score (nSPS) is 9.91. The van der Waals surface area contributed by atoms with Crippen molar-refractivity contribution in [1.82, 2.24) is 10.2 Å². The third-order valence-electron chi connectivity index (χ3n) is 3.02. The maximum atomic E-state index is 12.3. The van der Waals surface area contributed by atoms with Crippen LogP contribution in [0.2, 0.25) is 0 Å². The third-order valence-corrected chi connectivity index (χ3v) is 3.02. The van der Waals surface area contributed by atoms with Gasteiger partial charge in [0.05, 0.1) is 28.4 Å². The Hall–Kier alpha value is -3.03. The molecule has 2 rings (SSSR count). The van der Waals surface area contributed by atoms with Gasteiger partial charge in [-0.2, -0.15) is 0 Å². The molecule has 1 N–H and O–H groups in total. The smallest absolute Gasteiger partial charge is 0.257 e. The molecule has 8 heteroatoms. The van der Waals surface area contributed by atoms with Crippen molar-refractivity contribution >= 4 is 11.7 Å². The van der Waals surface area contributed by atoms with Crippen LogP contribution in [0.4, 0.5) is 5.82 Å². The summed E-state index contributed by atoms with van der Waals surface area (Å²) in [7, 11) is 5.94. The SMILES string of the molecule is COc1ccc(NC(=O)c2cc(OC)c(OC)c(OC)c2)nn1. The standard InChI is InChI=1S/C15H17N3O5/c1-20-10-7-9(8-11(21-2)14(10)23-4)15(19)16-12-5-6-13(22-3)18-17-12/h5-8H,1-4H3,(H,16,17,19). The number of rotatable bonds is 6. The average Bonchev–Trinajstić information content (AvgIpc) is 2.60. The molecular weight excluding hydrogens is 302 g/mol. The Labute approximate surface area is 133 Å². The van der Waals surface area contributed by atoms with Crippen LogP contribution in [0.3, 0.4) is 0 Å². The van der Waals surface area contributed by atoms with E-state index in [1.165, 1.54) is 28.4 Å². The molecule has 0 aliphatic carbocycles. The largest absolute Gasteiger partial charge is 0.493 e. The summed E-state index contributed by atoms with van der Waals surface area (Å²) in [5.74, 6) is 1.45. The summed E-state index contributed by atoms with van der Waals surface area (Å²) >= 11 is 0. The van der Waals surface area contributed by atoms with Gasteiger partial charge in [-0.05, 0) is 18.2 Å². The van der Waals surface area contributed by atoms with Crippen molar-refractivity contribution in [2.45, 2.75) is 0 Å². The van der Waals surface area contributed by atoms with Crippen molar-refractivity contribution in [2.24, 2.45) is 0 Å². The number of ether oxygens (including phenoxy) is 4. The fourth-order valence-corrected chi connectivity index (χ4v) is 1.90. The molecule has 1 heterocycles. The number of carbonyl (C=O) groups is 1. The van der Waals surface area contributed by atoms with Crippen molar-refractivity contribution in [3.8, 4) is 23.1 Å². The molecule has 0 unspecified atom stereocenters. The van der Waals surface area contributed by atoms with Gasteiger partial charge in [-0.15, -0.1) is 10.2 Å². The maximum Gasteiger partial charge on any atom is 0.257 e. The number of carbonyl (C=O) groups excluding carboxylic acids is 1. The number of aromatic nitrogens is 2. The van der Waals surface area contributed by atoms with E-state index in [0.29, 0.717) is 34.5 Å². The third kappa shape index (κ3) is 3.60. The summed E-state index contributed by atoms with van der Waals surface area (Å²) < 4.78 is 20.6. The summed E-state index contributed by atoms with van der Waals surface area (Å²) in [6, 6.07) is 6.28. The Morgan fingerprint density at radius 2 is 1.57 bits per heavy atom. The average molecular weight is 319 g/mol. The van der Waals surface area contributed by atoms with E-state index in [1.807, 2.05) is 0 Å². The number of hydrogen-bond acceptors (Lipinski definition) is 7. The first kappa shape index (κ1) is 16.3. The Bertz CT molecular complexity index is 663. The van der Waals surface area contributed by atoms with Crippen LogP contribution >= 0.6 is 0 Å². The Morgan fingerprint density at radius 3 is 2.00 bits per heavy atom. The zero-order valence-electron chi connectivity index (χ0n) is 13.2. The number of benzene rings is 1. The van der Waals surface area contributed by atoms with Crippen molar-refractivity contribution < 1.29 is 23.7 Å². The van der Waals surface area contributed by atoms with Crippen molar-refractivity contribution in [2.75, 3.05) is 33.8 Å². The molecule has 0 fully saturated rings. The fourth-order valence-electron chi connectivity index (χ4n) is 1.90. The van der Waals surface area contributed by atoms with E-state index in [0.717, 1.165) is 0 Å². The summed E-state index contributed by atoms with van der Waals surface area (Å²) in [6.45, 7) is 0. The molecule has 0 aliphatic heterocycles. The van der Waals surface area contributed by atoms with Crippen LogP contribution in [0.25, 0.3) is 0 Å². The van der Waals surface area contributed by atoms with E-state index >= 15 is 0 Å². The van der Waals surface area contributed by atoms with E-state index in [-0.39, 0.29) is 5.91 Å². The lowest BCUT2D eigenvalue weighted by Gasteiger charge is -2.13. The van der Waals surface area contributed by atoms with E-state index in [2.05, 4.69) is 15.5 Å². The number of nitrogens with one attached hydrogen (secondary N) is 1. The predicted octanol–water partition coefficient (Wildman–Crippen LogP) is 1.76. The van der Waals surface area contributed by atoms with Gasteiger partial charge < -0.3 is 24.3 Å². The highest BCUT2D eigenvalue weighted by Crippen LogP contribution is 2.38. The predicted molar refractivity (Wildman–Crippen MR) is 82.6 cm³/mol. The molecule has 1 aromatic heterocycles. The minimum atomic E-state index is -0.385. The van der Waals surface area contributed by atoms with Crippen LogP contribution in [0.5, 0.6) is 23.1 Å². The van der Waals surface area contributed by atoms with Gasteiger partial charge in [0.25, 0.3) is 5.91 Å². The Kier molecular flexibility index (Phi) is 5.19. The second kappa shape index (κ2) is 7.30. The van der Waals surface area contributed by atoms with Gasteiger partial charge in [-0.1, -0.05) is 0 Å². The minimum absolute atomic E-state index is 0.296. The van der Waals surface area contributed by atoms with Crippen molar-refractivity contribution in [1.29, 1.82) is 0 Å². The summed E-state index contributed by atoms with van der Waals surface area (Å²) in [4.78, 5) is 12.3. The molecule has 0 bridgehead atoms. The van der Waals surface area contributed by atoms with E-state index in [4.69, 9.17) is 18.9 Å². The fraction of sp³-hybridized carbons (Fsp3) is 0.267. The molecule has 0 spiro atoms. The molecule has 2 aromatic rings. The van der Waals surface area contributed by atoms with Crippen LogP contribution in [0.15, 0.2) is 24.3 Å². The van der Waals surface area contributed by atoms with Crippen LogP contribution < -0.4 is 24.3 Å². The van der Waals surface area contributed by atoms with E-state index in [1.54, 1.807) is 24.3 Å². The molecule has 0 saturated carbocycles. The first-order valence-electron chi connectivity index (χ1n) is 6.62. The number of anilines is 1. The lowest BCUT2D eigenvalue weighted by molar-refractivity contribution is 0.102. The Morgan fingerprint density at radius 1 is 0.913 bits per heavy atom. The molecule has 0 atom stereocenters. The highest BCUT2D eigenvalue weighted by atomic mass is 16.5. The number of amides is 1. The summed E-state index contributed by atoms with van der Waals surface area (Å²) in [5.41, 5.74) is 0.331. The number of nitrogens with zero attached hydrogens (tertiary/aromatic N) is 2. The molecular formula is C15H17N3O5. The lowest BCUT2D eigenvalue weighted by Crippen LogP contribution is -2.14. The van der Waals surface area contributed by atoms with Crippen LogP contribution in [-0.2, 0) is 0 Å². The van der Waals surface area contributed by atoms with Gasteiger partial charge in [-0.25, -0.2) is 0 Å². The van der Waals surface area contributed by atoms with Gasteiger partial charge >= 0.3 is 0 Å². The number of hydrogen-bond donors (Lipinski definition) is 1. The van der Waals surface area contributed by atoms with Crippen molar-refractivity contribution in [3.63, 3.8) is 0 Å². The first-order valence-corrected chi connectivity index (χ1v) is 6.62. The summed E-state index contributed by atoms with van der Waals surface area (Å²) in [6.07, 6.45) is 0. The molecule has 0 saturated heterocycles. The van der Waals surface area contributed by atoms with Gasteiger partial charge in [0.2, 0.25) is 11.6 Å². The molecule has 122 valence electrons. The van der Waals surface area contributed by atoms with Crippen molar-refractivity contribution in [3.05, 3.63) is 29.8 Å². The first-order chi connectivity index (χ1) is 11.1. The monoisotopic (exact) mass is 319 g/mol. The quantitative estimate of drug-likeness (QED) is 0.867. The zero-order chi connectivity index (χ0) is 16.8.